The lowest BCUT2D eigenvalue weighted by atomic mass is 9.87. The van der Waals surface area contributed by atoms with E-state index in [9.17, 15) is 13.2 Å². The number of carbonyl (C=O) groups excluding carboxylic acids is 1. The monoisotopic (exact) mass is 346 g/mol. The molecule has 0 fully saturated rings. The molecule has 2 aromatic carbocycles. The predicted octanol–water partition coefficient (Wildman–Crippen LogP) is 2.49. The zero-order valence-corrected chi connectivity index (χ0v) is 14.8. The lowest BCUT2D eigenvalue weighted by Gasteiger charge is -2.20. The largest absolute Gasteiger partial charge is 0.368 e. The Morgan fingerprint density at radius 1 is 1.00 bits per heavy atom. The van der Waals surface area contributed by atoms with E-state index in [0.717, 1.165) is 5.56 Å². The van der Waals surface area contributed by atoms with Gasteiger partial charge in [-0.05, 0) is 28.7 Å². The van der Waals surface area contributed by atoms with Gasteiger partial charge in [0.05, 0.1) is 4.90 Å². The first-order chi connectivity index (χ1) is 11.1. The summed E-state index contributed by atoms with van der Waals surface area (Å²) in [4.78, 5) is 11.8. The van der Waals surface area contributed by atoms with E-state index in [1.165, 1.54) is 12.1 Å². The summed E-state index contributed by atoms with van der Waals surface area (Å²) in [6.07, 6.45) is 0. The van der Waals surface area contributed by atoms with Crippen molar-refractivity contribution in [1.82, 2.24) is 4.72 Å². The van der Waals surface area contributed by atoms with Crippen molar-refractivity contribution in [3.05, 3.63) is 65.7 Å². The topological polar surface area (TPSA) is 89.3 Å². The molecule has 2 rings (SSSR count). The third-order valence-electron chi connectivity index (χ3n) is 3.72. The fraction of sp³-hybridized carbons (Fsp3) is 0.278. The number of sulfonamides is 1. The van der Waals surface area contributed by atoms with Gasteiger partial charge in [0.1, 0.15) is 6.04 Å². The number of carbonyl (C=O) groups is 1. The minimum atomic E-state index is -3.87. The second-order valence-corrected chi connectivity index (χ2v) is 8.36. The van der Waals surface area contributed by atoms with Crippen LogP contribution in [-0.4, -0.2) is 14.3 Å². The maximum absolute atomic E-state index is 12.6. The van der Waals surface area contributed by atoms with Gasteiger partial charge in [0.15, 0.2) is 0 Å². The highest BCUT2D eigenvalue weighted by Gasteiger charge is 2.25. The number of amides is 1. The molecular weight excluding hydrogens is 324 g/mol. The molecule has 2 aromatic rings. The number of rotatable bonds is 5. The summed E-state index contributed by atoms with van der Waals surface area (Å²) in [5, 5.41) is 0. The summed E-state index contributed by atoms with van der Waals surface area (Å²) in [6, 6.07) is 14.0. The molecule has 0 aliphatic rings. The predicted molar refractivity (Wildman–Crippen MR) is 93.8 cm³/mol. The van der Waals surface area contributed by atoms with Gasteiger partial charge in [-0.15, -0.1) is 0 Å². The van der Waals surface area contributed by atoms with Crippen LogP contribution >= 0.6 is 0 Å². The smallest absolute Gasteiger partial charge is 0.241 e. The molecule has 3 N–H and O–H groups in total. The summed E-state index contributed by atoms with van der Waals surface area (Å²) in [5.74, 6) is -0.754. The lowest BCUT2D eigenvalue weighted by molar-refractivity contribution is -0.119. The summed E-state index contributed by atoms with van der Waals surface area (Å²) < 4.78 is 27.5. The van der Waals surface area contributed by atoms with Crippen LogP contribution in [0.2, 0.25) is 0 Å². The number of primary amides is 1. The van der Waals surface area contributed by atoms with E-state index in [1.54, 1.807) is 42.5 Å². The maximum atomic E-state index is 12.6. The van der Waals surface area contributed by atoms with Gasteiger partial charge in [0.25, 0.3) is 0 Å². The Kier molecular flexibility index (Phi) is 5.11. The molecule has 0 radical (unpaired) electrons. The Balaban J connectivity index is 2.31. The Morgan fingerprint density at radius 2 is 1.54 bits per heavy atom. The molecule has 0 aromatic heterocycles. The molecular formula is C18H22N2O3S. The molecule has 1 unspecified atom stereocenters. The van der Waals surface area contributed by atoms with E-state index in [4.69, 9.17) is 5.73 Å². The molecule has 0 saturated heterocycles. The Hall–Kier alpha value is -2.18. The van der Waals surface area contributed by atoms with E-state index in [-0.39, 0.29) is 10.3 Å². The molecule has 1 amide bonds. The van der Waals surface area contributed by atoms with Gasteiger partial charge in [0, 0.05) is 0 Å². The summed E-state index contributed by atoms with van der Waals surface area (Å²) >= 11 is 0. The number of nitrogens with two attached hydrogens (primary N) is 1. The van der Waals surface area contributed by atoms with Crippen LogP contribution in [0.25, 0.3) is 0 Å². The molecule has 0 bridgehead atoms. The van der Waals surface area contributed by atoms with Gasteiger partial charge in [-0.3, -0.25) is 4.79 Å². The van der Waals surface area contributed by atoms with Gasteiger partial charge < -0.3 is 5.73 Å². The lowest BCUT2D eigenvalue weighted by Crippen LogP contribution is -2.37. The Labute approximate surface area is 142 Å². The van der Waals surface area contributed by atoms with Crippen molar-refractivity contribution in [2.75, 3.05) is 0 Å². The molecule has 6 heteroatoms. The zero-order valence-electron chi connectivity index (χ0n) is 14.0. The molecule has 0 spiro atoms. The minimum absolute atomic E-state index is 0.0739. The second kappa shape index (κ2) is 6.75. The first-order valence-electron chi connectivity index (χ1n) is 7.58. The van der Waals surface area contributed by atoms with Crippen LogP contribution in [0, 0.1) is 0 Å². The standard InChI is InChI=1S/C18H22N2O3S/c1-18(2,3)14-9-11-15(12-10-14)24(22,23)20-16(17(19)21)13-7-5-4-6-8-13/h4-12,16,20H,1-3H3,(H2,19,21). The Bertz CT molecular complexity index is 808. The molecule has 0 saturated carbocycles. The number of nitrogens with one attached hydrogen (secondary N) is 1. The first-order valence-corrected chi connectivity index (χ1v) is 9.07. The summed E-state index contributed by atoms with van der Waals surface area (Å²) in [7, 11) is -3.87. The van der Waals surface area contributed by atoms with Crippen LogP contribution in [0.4, 0.5) is 0 Å². The van der Waals surface area contributed by atoms with E-state index < -0.39 is 22.0 Å². The summed E-state index contributed by atoms with van der Waals surface area (Å²) in [6.45, 7) is 6.15. The van der Waals surface area contributed by atoms with Gasteiger partial charge >= 0.3 is 0 Å². The number of hydrogen-bond acceptors (Lipinski definition) is 3. The molecule has 5 nitrogen and oxygen atoms in total. The number of hydrogen-bond donors (Lipinski definition) is 2. The van der Waals surface area contributed by atoms with Crippen LogP contribution < -0.4 is 10.5 Å². The van der Waals surface area contributed by atoms with Gasteiger partial charge in [-0.25, -0.2) is 8.42 Å². The van der Waals surface area contributed by atoms with Crippen LogP contribution in [0.3, 0.4) is 0 Å². The average Bonchev–Trinajstić information content (AvgIpc) is 2.52. The Morgan fingerprint density at radius 3 is 2.00 bits per heavy atom. The van der Waals surface area contributed by atoms with E-state index in [2.05, 4.69) is 4.72 Å². The van der Waals surface area contributed by atoms with Gasteiger partial charge in [-0.1, -0.05) is 63.2 Å². The average molecular weight is 346 g/mol. The molecule has 128 valence electrons. The molecule has 0 heterocycles. The van der Waals surface area contributed by atoms with Crippen molar-refractivity contribution in [2.24, 2.45) is 5.73 Å². The molecule has 24 heavy (non-hydrogen) atoms. The van der Waals surface area contributed by atoms with Crippen LogP contribution in [-0.2, 0) is 20.2 Å². The third kappa shape index (κ3) is 4.21. The fourth-order valence-corrected chi connectivity index (χ4v) is 3.49. The highest BCUT2D eigenvalue weighted by Crippen LogP contribution is 2.24. The van der Waals surface area contributed by atoms with Crippen molar-refractivity contribution < 1.29 is 13.2 Å². The number of benzene rings is 2. The molecule has 0 aliphatic heterocycles. The third-order valence-corrected chi connectivity index (χ3v) is 5.16. The van der Waals surface area contributed by atoms with Crippen molar-refractivity contribution >= 4 is 15.9 Å². The van der Waals surface area contributed by atoms with E-state index in [0.29, 0.717) is 5.56 Å². The molecule has 0 aliphatic carbocycles. The second-order valence-electron chi connectivity index (χ2n) is 6.64. The fourth-order valence-electron chi connectivity index (χ4n) is 2.29. The van der Waals surface area contributed by atoms with Crippen molar-refractivity contribution in [1.29, 1.82) is 0 Å². The van der Waals surface area contributed by atoms with Gasteiger partial charge in [0.2, 0.25) is 15.9 Å². The maximum Gasteiger partial charge on any atom is 0.241 e. The normalized spacial score (nSPS) is 13.5. The first kappa shape index (κ1) is 18.2. The summed E-state index contributed by atoms with van der Waals surface area (Å²) in [5.41, 5.74) is 6.82. The van der Waals surface area contributed by atoms with Crippen LogP contribution in [0.1, 0.15) is 37.9 Å². The minimum Gasteiger partial charge on any atom is -0.368 e. The van der Waals surface area contributed by atoms with Crippen LogP contribution in [0.15, 0.2) is 59.5 Å². The quantitative estimate of drug-likeness (QED) is 0.871. The SMILES string of the molecule is CC(C)(C)c1ccc(S(=O)(=O)NC(C(N)=O)c2ccccc2)cc1. The highest BCUT2D eigenvalue weighted by atomic mass is 32.2. The van der Waals surface area contributed by atoms with E-state index >= 15 is 0 Å². The van der Waals surface area contributed by atoms with Crippen molar-refractivity contribution in [3.8, 4) is 0 Å². The zero-order chi connectivity index (χ0) is 18.0. The highest BCUT2D eigenvalue weighted by molar-refractivity contribution is 7.89. The van der Waals surface area contributed by atoms with Crippen LogP contribution in [0.5, 0.6) is 0 Å². The van der Waals surface area contributed by atoms with E-state index in [1.807, 2.05) is 20.8 Å². The van der Waals surface area contributed by atoms with Gasteiger partial charge in [-0.2, -0.15) is 4.72 Å². The van der Waals surface area contributed by atoms with Crippen molar-refractivity contribution in [3.63, 3.8) is 0 Å². The van der Waals surface area contributed by atoms with Crippen molar-refractivity contribution in [2.45, 2.75) is 37.1 Å². The molecule has 1 atom stereocenters.